The van der Waals surface area contributed by atoms with Crippen LogP contribution in [0.4, 0.5) is 0 Å². The Hall–Kier alpha value is -1.14. The van der Waals surface area contributed by atoms with Gasteiger partial charge in [-0.3, -0.25) is 4.98 Å². The van der Waals surface area contributed by atoms with Crippen LogP contribution < -0.4 is 10.1 Å². The second-order valence-electron chi connectivity index (χ2n) is 4.58. The van der Waals surface area contributed by atoms with E-state index in [9.17, 15) is 0 Å². The Bertz CT molecular complexity index is 560. The lowest BCUT2D eigenvalue weighted by Crippen LogP contribution is -2.18. The number of benzene rings is 1. The van der Waals surface area contributed by atoms with Crippen molar-refractivity contribution in [3.05, 3.63) is 57.4 Å². The average Bonchev–Trinajstić information content (AvgIpc) is 2.46. The van der Waals surface area contributed by atoms with E-state index in [-0.39, 0.29) is 6.04 Å². The first-order valence-electron chi connectivity index (χ1n) is 6.75. The fourth-order valence-electron chi connectivity index (χ4n) is 2.10. The molecule has 1 unspecified atom stereocenters. The smallest absolute Gasteiger partial charge is 0.137 e. The quantitative estimate of drug-likeness (QED) is 0.773. The topological polar surface area (TPSA) is 34.1 Å². The highest BCUT2D eigenvalue weighted by atomic mass is 127. The normalized spacial score (nSPS) is 12.2. The summed E-state index contributed by atoms with van der Waals surface area (Å²) < 4.78 is 6.89. The SMILES string of the molecule is CCCOc1cncc(C(NC)c2cccc(I)c2)c1. The van der Waals surface area contributed by atoms with E-state index < -0.39 is 0 Å². The molecule has 1 heterocycles. The molecule has 0 fully saturated rings. The number of nitrogens with zero attached hydrogens (tertiary/aromatic N) is 1. The largest absolute Gasteiger partial charge is 0.492 e. The number of pyridine rings is 1. The Morgan fingerprint density at radius 3 is 2.80 bits per heavy atom. The number of hydrogen-bond donors (Lipinski definition) is 1. The summed E-state index contributed by atoms with van der Waals surface area (Å²) in [5.74, 6) is 0.829. The third-order valence-corrected chi connectivity index (χ3v) is 3.68. The lowest BCUT2D eigenvalue weighted by atomic mass is 10.0. The Morgan fingerprint density at radius 1 is 1.25 bits per heavy atom. The van der Waals surface area contributed by atoms with Crippen LogP contribution in [-0.2, 0) is 0 Å². The van der Waals surface area contributed by atoms with E-state index in [1.807, 2.05) is 13.2 Å². The van der Waals surface area contributed by atoms with E-state index in [2.05, 4.69) is 70.1 Å². The summed E-state index contributed by atoms with van der Waals surface area (Å²) in [6, 6.07) is 10.7. The van der Waals surface area contributed by atoms with Crippen LogP contribution in [0, 0.1) is 3.57 Å². The zero-order chi connectivity index (χ0) is 14.4. The maximum atomic E-state index is 5.66. The van der Waals surface area contributed by atoms with Crippen molar-refractivity contribution >= 4 is 22.6 Å². The molecule has 1 N–H and O–H groups in total. The van der Waals surface area contributed by atoms with Crippen LogP contribution in [0.25, 0.3) is 0 Å². The van der Waals surface area contributed by atoms with Gasteiger partial charge in [0.2, 0.25) is 0 Å². The van der Waals surface area contributed by atoms with Crippen LogP contribution in [-0.4, -0.2) is 18.6 Å². The predicted octanol–water partition coefficient (Wildman–Crippen LogP) is 3.78. The molecule has 1 aromatic heterocycles. The van der Waals surface area contributed by atoms with Crippen LogP contribution in [0.15, 0.2) is 42.7 Å². The van der Waals surface area contributed by atoms with Gasteiger partial charge in [0.25, 0.3) is 0 Å². The predicted molar refractivity (Wildman–Crippen MR) is 90.1 cm³/mol. The number of rotatable bonds is 6. The zero-order valence-corrected chi connectivity index (χ0v) is 13.9. The van der Waals surface area contributed by atoms with Crippen LogP contribution >= 0.6 is 22.6 Å². The first-order valence-corrected chi connectivity index (χ1v) is 7.83. The molecule has 1 aromatic carbocycles. The summed E-state index contributed by atoms with van der Waals surface area (Å²) in [4.78, 5) is 4.29. The van der Waals surface area contributed by atoms with Crippen molar-refractivity contribution in [3.8, 4) is 5.75 Å². The minimum atomic E-state index is 0.127. The average molecular weight is 382 g/mol. The van der Waals surface area contributed by atoms with Crippen LogP contribution in [0.2, 0.25) is 0 Å². The van der Waals surface area contributed by atoms with Crippen molar-refractivity contribution < 1.29 is 4.74 Å². The molecule has 4 heteroatoms. The van der Waals surface area contributed by atoms with Crippen LogP contribution in [0.3, 0.4) is 0 Å². The summed E-state index contributed by atoms with van der Waals surface area (Å²) in [6.07, 6.45) is 4.65. The fourth-order valence-corrected chi connectivity index (χ4v) is 2.67. The minimum absolute atomic E-state index is 0.127. The second-order valence-corrected chi connectivity index (χ2v) is 5.82. The second kappa shape index (κ2) is 7.59. The molecular weight excluding hydrogens is 363 g/mol. The van der Waals surface area contributed by atoms with Gasteiger partial charge in [0.15, 0.2) is 0 Å². The van der Waals surface area contributed by atoms with Crippen molar-refractivity contribution in [1.82, 2.24) is 10.3 Å². The Labute approximate surface area is 133 Å². The van der Waals surface area contributed by atoms with Gasteiger partial charge < -0.3 is 10.1 Å². The molecule has 1 atom stereocenters. The molecule has 106 valence electrons. The van der Waals surface area contributed by atoms with Gasteiger partial charge in [0.1, 0.15) is 5.75 Å². The molecule has 0 aliphatic heterocycles. The van der Waals surface area contributed by atoms with E-state index in [0.717, 1.165) is 24.3 Å². The van der Waals surface area contributed by atoms with Crippen molar-refractivity contribution in [2.24, 2.45) is 0 Å². The molecule has 3 nitrogen and oxygen atoms in total. The third-order valence-electron chi connectivity index (χ3n) is 3.01. The Balaban J connectivity index is 2.27. The highest BCUT2D eigenvalue weighted by Crippen LogP contribution is 2.25. The number of aromatic nitrogens is 1. The number of halogens is 1. The highest BCUT2D eigenvalue weighted by Gasteiger charge is 2.13. The maximum absolute atomic E-state index is 5.66. The molecule has 2 aromatic rings. The molecule has 0 aliphatic carbocycles. The molecule has 0 bridgehead atoms. The van der Waals surface area contributed by atoms with Crippen LogP contribution in [0.5, 0.6) is 5.75 Å². The number of nitrogens with one attached hydrogen (secondary N) is 1. The summed E-state index contributed by atoms with van der Waals surface area (Å²) in [5.41, 5.74) is 2.34. The molecule has 0 saturated heterocycles. The van der Waals surface area contributed by atoms with Gasteiger partial charge in [-0.2, -0.15) is 0 Å². The van der Waals surface area contributed by atoms with Gasteiger partial charge in [0, 0.05) is 9.77 Å². The van der Waals surface area contributed by atoms with E-state index in [0.29, 0.717) is 0 Å². The van der Waals surface area contributed by atoms with E-state index in [1.165, 1.54) is 9.13 Å². The van der Waals surface area contributed by atoms with Crippen molar-refractivity contribution in [2.75, 3.05) is 13.7 Å². The minimum Gasteiger partial charge on any atom is -0.492 e. The molecule has 0 amide bonds. The molecule has 0 spiro atoms. The Kier molecular flexibility index (Phi) is 5.79. The van der Waals surface area contributed by atoms with E-state index >= 15 is 0 Å². The first-order chi connectivity index (χ1) is 9.74. The standard InChI is InChI=1S/C16H19IN2O/c1-3-7-20-15-9-13(10-19-11-15)16(18-2)12-5-4-6-14(17)8-12/h4-6,8-11,16,18H,3,7H2,1-2H3. The van der Waals surface area contributed by atoms with E-state index in [4.69, 9.17) is 4.74 Å². The summed E-state index contributed by atoms with van der Waals surface area (Å²) in [6.45, 7) is 2.82. The van der Waals surface area contributed by atoms with Gasteiger partial charge in [-0.15, -0.1) is 0 Å². The summed E-state index contributed by atoms with van der Waals surface area (Å²) in [5, 5.41) is 3.35. The van der Waals surface area contributed by atoms with Crippen molar-refractivity contribution in [3.63, 3.8) is 0 Å². The summed E-state index contributed by atoms with van der Waals surface area (Å²) in [7, 11) is 1.96. The molecule has 0 aliphatic rings. The zero-order valence-electron chi connectivity index (χ0n) is 11.8. The monoisotopic (exact) mass is 382 g/mol. The lowest BCUT2D eigenvalue weighted by molar-refractivity contribution is 0.315. The van der Waals surface area contributed by atoms with Gasteiger partial charge in [0.05, 0.1) is 18.8 Å². The van der Waals surface area contributed by atoms with Gasteiger partial charge in [-0.05, 0) is 65.4 Å². The van der Waals surface area contributed by atoms with Crippen molar-refractivity contribution in [1.29, 1.82) is 0 Å². The molecular formula is C16H19IN2O. The highest BCUT2D eigenvalue weighted by molar-refractivity contribution is 14.1. The van der Waals surface area contributed by atoms with Crippen molar-refractivity contribution in [2.45, 2.75) is 19.4 Å². The molecule has 2 rings (SSSR count). The number of ether oxygens (including phenoxy) is 1. The van der Waals surface area contributed by atoms with Crippen LogP contribution in [0.1, 0.15) is 30.5 Å². The molecule has 20 heavy (non-hydrogen) atoms. The summed E-state index contributed by atoms with van der Waals surface area (Å²) >= 11 is 2.33. The first kappa shape index (κ1) is 15.3. The van der Waals surface area contributed by atoms with E-state index in [1.54, 1.807) is 6.20 Å². The van der Waals surface area contributed by atoms with Gasteiger partial charge in [-0.25, -0.2) is 0 Å². The van der Waals surface area contributed by atoms with Gasteiger partial charge >= 0.3 is 0 Å². The van der Waals surface area contributed by atoms with Gasteiger partial charge in [-0.1, -0.05) is 19.1 Å². The molecule has 0 radical (unpaired) electrons. The molecule has 0 saturated carbocycles. The number of hydrogen-bond acceptors (Lipinski definition) is 3. The fraction of sp³-hybridized carbons (Fsp3) is 0.312. The maximum Gasteiger partial charge on any atom is 0.137 e. The Morgan fingerprint density at radius 2 is 2.10 bits per heavy atom. The lowest BCUT2D eigenvalue weighted by Gasteiger charge is -2.18. The third kappa shape index (κ3) is 3.93.